The largest absolute Gasteiger partial charge is 0.498 e. The van der Waals surface area contributed by atoms with Gasteiger partial charge >= 0.3 is 6.41 Å². The van der Waals surface area contributed by atoms with Gasteiger partial charge in [-0.25, -0.2) is 4.48 Å². The van der Waals surface area contributed by atoms with E-state index in [1.54, 1.807) is 0 Å². The Kier molecular flexibility index (Phi) is 16.8. The van der Waals surface area contributed by atoms with Crippen molar-refractivity contribution in [3.8, 4) is 0 Å². The Morgan fingerprint density at radius 2 is 1.42 bits per heavy atom. The van der Waals surface area contributed by atoms with E-state index in [1.165, 1.54) is 83.5 Å². The van der Waals surface area contributed by atoms with Crippen molar-refractivity contribution >= 4 is 6.09 Å². The molecule has 38 heavy (non-hydrogen) atoms. The fourth-order valence-electron chi connectivity index (χ4n) is 6.55. The smallest absolute Gasteiger partial charge is 0.315 e. The standard InChI is InChI=1S/C33H61NO4/c1-5-6-7-8-9-10-11-12-13-14-15-16-17-21-26-37-33(38-30-22-19-18-20-23-30)34(32(35)36)27-29(4)24-25-31(34)28(2)3/h24,28,30-31,33H,5-23,25-27H2,1-4H3. The van der Waals surface area contributed by atoms with E-state index in [1.807, 2.05) is 6.92 Å². The van der Waals surface area contributed by atoms with Crippen LogP contribution >= 0.6 is 0 Å². The summed E-state index contributed by atoms with van der Waals surface area (Å²) in [5.41, 5.74) is 1.09. The summed E-state index contributed by atoms with van der Waals surface area (Å²) in [4.78, 5) is 12.9. The van der Waals surface area contributed by atoms with Gasteiger partial charge in [-0.2, -0.15) is 0 Å². The fraction of sp³-hybridized carbons (Fsp3) is 0.909. The number of amides is 1. The van der Waals surface area contributed by atoms with Crippen LogP contribution in [0.4, 0.5) is 4.79 Å². The van der Waals surface area contributed by atoms with Gasteiger partial charge in [0.2, 0.25) is 0 Å². The van der Waals surface area contributed by atoms with Crippen LogP contribution in [0.5, 0.6) is 0 Å². The van der Waals surface area contributed by atoms with Gasteiger partial charge < -0.3 is 19.4 Å². The molecule has 0 spiro atoms. The predicted molar refractivity (Wildman–Crippen MR) is 156 cm³/mol. The Labute approximate surface area is 235 Å². The van der Waals surface area contributed by atoms with Crippen molar-refractivity contribution in [1.29, 1.82) is 0 Å². The molecule has 1 aliphatic carbocycles. The molecule has 1 saturated carbocycles. The zero-order valence-corrected chi connectivity index (χ0v) is 25.5. The number of ether oxygens (including phenoxy) is 2. The molecule has 0 N–H and O–H groups in total. The molecule has 1 aliphatic heterocycles. The summed E-state index contributed by atoms with van der Waals surface area (Å²) in [6.45, 7) is 9.48. The molecule has 0 aromatic heterocycles. The molecule has 3 unspecified atom stereocenters. The number of quaternary nitrogens is 1. The molecule has 222 valence electrons. The highest BCUT2D eigenvalue weighted by molar-refractivity contribution is 5.55. The van der Waals surface area contributed by atoms with Crippen molar-refractivity contribution in [1.82, 2.24) is 0 Å². The van der Waals surface area contributed by atoms with E-state index >= 15 is 0 Å². The van der Waals surface area contributed by atoms with Gasteiger partial charge in [0.05, 0.1) is 12.7 Å². The predicted octanol–water partition coefficient (Wildman–Crippen LogP) is 8.65. The fourth-order valence-corrected chi connectivity index (χ4v) is 6.55. The molecule has 5 nitrogen and oxygen atoms in total. The summed E-state index contributed by atoms with van der Waals surface area (Å²) in [6, 6.07) is -0.103. The lowest BCUT2D eigenvalue weighted by molar-refractivity contribution is -0.968. The Morgan fingerprint density at radius 1 is 0.895 bits per heavy atom. The van der Waals surface area contributed by atoms with Crippen LogP contribution in [0.25, 0.3) is 0 Å². The topological polar surface area (TPSA) is 58.6 Å². The quantitative estimate of drug-likeness (QED) is 0.0677. The second kappa shape index (κ2) is 19.2. The summed E-state index contributed by atoms with van der Waals surface area (Å²) in [6.07, 6.45) is 25.1. The molecule has 3 atom stereocenters. The van der Waals surface area contributed by atoms with E-state index in [9.17, 15) is 9.90 Å². The Morgan fingerprint density at radius 3 is 1.92 bits per heavy atom. The highest BCUT2D eigenvalue weighted by Gasteiger charge is 2.51. The van der Waals surface area contributed by atoms with Crippen molar-refractivity contribution in [3.63, 3.8) is 0 Å². The zero-order chi connectivity index (χ0) is 27.6. The summed E-state index contributed by atoms with van der Waals surface area (Å²) >= 11 is 0. The van der Waals surface area contributed by atoms with Crippen molar-refractivity contribution in [3.05, 3.63) is 11.6 Å². The minimum absolute atomic E-state index is 0.0819. The van der Waals surface area contributed by atoms with E-state index in [4.69, 9.17) is 9.47 Å². The van der Waals surface area contributed by atoms with Crippen LogP contribution in [0.3, 0.4) is 0 Å². The first-order chi connectivity index (χ1) is 18.4. The van der Waals surface area contributed by atoms with Crippen molar-refractivity contribution < 1.29 is 23.9 Å². The Hall–Kier alpha value is -0.910. The van der Waals surface area contributed by atoms with Gasteiger partial charge in [0, 0.05) is 12.3 Å². The molecule has 1 amide bonds. The van der Waals surface area contributed by atoms with Crippen LogP contribution in [0.1, 0.15) is 156 Å². The van der Waals surface area contributed by atoms with Gasteiger partial charge in [-0.15, -0.1) is 0 Å². The molecule has 0 radical (unpaired) electrons. The van der Waals surface area contributed by atoms with E-state index in [2.05, 4.69) is 26.8 Å². The van der Waals surface area contributed by atoms with E-state index in [-0.39, 0.29) is 22.5 Å². The maximum absolute atomic E-state index is 12.9. The average molecular weight is 536 g/mol. The molecule has 0 aromatic rings. The van der Waals surface area contributed by atoms with Crippen LogP contribution in [-0.4, -0.2) is 42.3 Å². The Bertz CT molecular complexity index is 657. The summed E-state index contributed by atoms with van der Waals surface area (Å²) in [7, 11) is 0. The molecule has 2 rings (SSSR count). The molecular weight excluding hydrogens is 474 g/mol. The highest BCUT2D eigenvalue weighted by Crippen LogP contribution is 2.36. The van der Waals surface area contributed by atoms with Gasteiger partial charge in [0.1, 0.15) is 12.6 Å². The number of carbonyl (C=O) groups excluding carboxylic acids is 1. The molecular formula is C33H61NO4. The first-order valence-corrected chi connectivity index (χ1v) is 16.4. The second-order valence-electron chi connectivity index (χ2n) is 12.6. The average Bonchev–Trinajstić information content (AvgIpc) is 2.90. The number of nitrogens with zero attached hydrogens (tertiary/aromatic N) is 1. The molecule has 0 saturated heterocycles. The Balaban J connectivity index is 1.77. The van der Waals surface area contributed by atoms with Gasteiger partial charge in [-0.1, -0.05) is 130 Å². The number of hydrogen-bond donors (Lipinski definition) is 0. The first kappa shape index (κ1) is 33.3. The second-order valence-corrected chi connectivity index (χ2v) is 12.6. The third-order valence-electron chi connectivity index (χ3n) is 8.92. The van der Waals surface area contributed by atoms with Crippen molar-refractivity contribution in [2.45, 2.75) is 175 Å². The maximum atomic E-state index is 12.9. The van der Waals surface area contributed by atoms with E-state index in [0.29, 0.717) is 13.2 Å². The third-order valence-corrected chi connectivity index (χ3v) is 8.92. The van der Waals surface area contributed by atoms with Gasteiger partial charge in [0.25, 0.3) is 6.09 Å². The number of rotatable bonds is 20. The van der Waals surface area contributed by atoms with Crippen molar-refractivity contribution in [2.24, 2.45) is 5.92 Å². The van der Waals surface area contributed by atoms with Crippen LogP contribution in [0.15, 0.2) is 11.6 Å². The number of carboxylic acid groups (broad SMARTS) is 1. The SMILES string of the molecule is CCCCCCCCCCCCCCCCOC(OC1CCCCC1)[N+]1(C(=O)[O-])CC(C)=CCC1C(C)C. The van der Waals surface area contributed by atoms with Crippen LogP contribution in [0, 0.1) is 5.92 Å². The number of carbonyl (C=O) groups is 1. The molecule has 1 heterocycles. The molecule has 2 aliphatic rings. The van der Waals surface area contributed by atoms with E-state index in [0.717, 1.165) is 50.5 Å². The molecule has 0 aromatic carbocycles. The number of hydrogen-bond acceptors (Lipinski definition) is 4. The summed E-state index contributed by atoms with van der Waals surface area (Å²) in [5, 5.41) is 12.9. The highest BCUT2D eigenvalue weighted by atomic mass is 16.7. The van der Waals surface area contributed by atoms with Gasteiger partial charge in [-0.3, -0.25) is 0 Å². The minimum atomic E-state index is -1.06. The molecule has 0 bridgehead atoms. The lowest BCUT2D eigenvalue weighted by atomic mass is 9.91. The van der Waals surface area contributed by atoms with Gasteiger partial charge in [-0.05, 0) is 31.8 Å². The summed E-state index contributed by atoms with van der Waals surface area (Å²) < 4.78 is 12.7. The van der Waals surface area contributed by atoms with E-state index < -0.39 is 12.5 Å². The summed E-state index contributed by atoms with van der Waals surface area (Å²) in [5.74, 6) is 0.194. The monoisotopic (exact) mass is 535 g/mol. The lowest BCUT2D eigenvalue weighted by Gasteiger charge is -2.51. The molecule has 5 heteroatoms. The van der Waals surface area contributed by atoms with Gasteiger partial charge in [0.15, 0.2) is 0 Å². The van der Waals surface area contributed by atoms with Crippen LogP contribution in [0.2, 0.25) is 0 Å². The first-order valence-electron chi connectivity index (χ1n) is 16.4. The molecule has 1 fully saturated rings. The zero-order valence-electron chi connectivity index (χ0n) is 25.5. The third kappa shape index (κ3) is 11.3. The lowest BCUT2D eigenvalue weighted by Crippen LogP contribution is -2.72. The van der Waals surface area contributed by atoms with Crippen LogP contribution < -0.4 is 5.11 Å². The number of unbranched alkanes of at least 4 members (excludes halogenated alkanes) is 13. The minimum Gasteiger partial charge on any atom is -0.498 e. The normalized spacial score (nSPS) is 23.5. The van der Waals surface area contributed by atoms with Crippen molar-refractivity contribution in [2.75, 3.05) is 13.2 Å². The maximum Gasteiger partial charge on any atom is 0.315 e. The van der Waals surface area contributed by atoms with Crippen LogP contribution in [-0.2, 0) is 9.47 Å².